The van der Waals surface area contributed by atoms with E-state index >= 15 is 0 Å². The second-order valence-electron chi connectivity index (χ2n) is 9.21. The third-order valence-electron chi connectivity index (χ3n) is 6.05. The predicted molar refractivity (Wildman–Crippen MR) is 147 cm³/mol. The summed E-state index contributed by atoms with van der Waals surface area (Å²) in [7, 11) is -3.72. The fourth-order valence-corrected chi connectivity index (χ4v) is 6.49. The summed E-state index contributed by atoms with van der Waals surface area (Å²) in [5.41, 5.74) is 0.359. The first kappa shape index (κ1) is 31.7. The van der Waals surface area contributed by atoms with Crippen LogP contribution in [0.25, 0.3) is 0 Å². The number of sulfonamides is 1. The monoisotopic (exact) mass is 568 g/mol. The van der Waals surface area contributed by atoms with Crippen molar-refractivity contribution in [2.75, 3.05) is 11.8 Å². The number of aliphatic carboxylic acids is 1. The maximum atomic E-state index is 12.7. The van der Waals surface area contributed by atoms with Gasteiger partial charge in [-0.2, -0.15) is 0 Å². The fourth-order valence-electron chi connectivity index (χ4n) is 3.99. The molecule has 0 saturated carbocycles. The minimum atomic E-state index is -3.72. The summed E-state index contributed by atoms with van der Waals surface area (Å²) in [6.07, 6.45) is 11.6. The van der Waals surface area contributed by atoms with E-state index in [4.69, 9.17) is 5.21 Å². The van der Waals surface area contributed by atoms with Gasteiger partial charge in [-0.15, -0.1) is 11.3 Å². The van der Waals surface area contributed by atoms with Crippen molar-refractivity contribution < 1.29 is 28.3 Å². The van der Waals surface area contributed by atoms with Gasteiger partial charge in [0.25, 0.3) is 0 Å². The number of unbranched alkanes of at least 4 members (excludes halogenated alkanes) is 9. The van der Waals surface area contributed by atoms with Crippen molar-refractivity contribution in [1.29, 1.82) is 0 Å². The highest BCUT2D eigenvalue weighted by atomic mass is 32.2. The molecule has 0 aliphatic heterocycles. The van der Waals surface area contributed by atoms with Crippen LogP contribution in [0.1, 0.15) is 81.6 Å². The van der Waals surface area contributed by atoms with Gasteiger partial charge in [-0.1, -0.05) is 76.8 Å². The van der Waals surface area contributed by atoms with Crippen LogP contribution in [0, 0.1) is 5.21 Å². The summed E-state index contributed by atoms with van der Waals surface area (Å²) in [6.45, 7) is 2.27. The number of anilines is 1. The number of carboxylic acids is 1. The Morgan fingerprint density at radius 2 is 1.58 bits per heavy atom. The maximum Gasteiger partial charge on any atom is 0.394 e. The van der Waals surface area contributed by atoms with Crippen molar-refractivity contribution in [2.24, 2.45) is 0 Å². The fraction of sp³-hybridized carbons (Fsp3) is 0.538. The summed E-state index contributed by atoms with van der Waals surface area (Å²) in [5, 5.41) is 29.1. The van der Waals surface area contributed by atoms with Crippen molar-refractivity contribution in [3.63, 3.8) is 0 Å². The third-order valence-corrected chi connectivity index (χ3v) is 9.07. The second kappa shape index (κ2) is 16.5. The molecule has 1 amide bonds. The third kappa shape index (κ3) is 11.1. The quantitative estimate of drug-likeness (QED) is 0.125. The number of nitrogens with zero attached hydrogens (tertiary/aromatic N) is 2. The molecular weight excluding hydrogens is 530 g/mol. The molecule has 0 atom stereocenters. The molecule has 2 aromatic rings. The number of thiophene rings is 1. The molecule has 2 rings (SSSR count). The first-order valence-electron chi connectivity index (χ1n) is 13.0. The number of hydrogen-bond donors (Lipinski definition) is 3. The lowest BCUT2D eigenvalue weighted by Crippen LogP contribution is -2.35. The smallest absolute Gasteiger partial charge is 0.394 e. The van der Waals surface area contributed by atoms with Gasteiger partial charge in [-0.05, 0) is 36.2 Å². The lowest BCUT2D eigenvalue weighted by Gasteiger charge is -2.24. The number of carboxylic acid groups (broad SMARTS) is 1. The molecule has 212 valence electrons. The molecule has 0 bridgehead atoms. The Morgan fingerprint density at radius 1 is 0.947 bits per heavy atom. The number of amides is 1. The standard InChI is InChI=1S/C26H38N3O7S2/c1-2-3-4-5-6-7-8-9-10-11-17-27-38(35,36)24-16-15-23(37-24)20-28(25(30)26(31)32)19-21-13-12-14-22(18-21)29(33)34/h12-16,18,27,33H,2-11,17,19-20H2,1H3,(H,31,32)/q-1. The average molecular weight is 569 g/mol. The van der Waals surface area contributed by atoms with Crippen LogP contribution in [-0.2, 0) is 32.7 Å². The van der Waals surface area contributed by atoms with E-state index in [1.165, 1.54) is 62.8 Å². The molecule has 12 heteroatoms. The molecule has 1 aromatic heterocycles. The summed E-state index contributed by atoms with van der Waals surface area (Å²) in [6, 6.07) is 8.75. The van der Waals surface area contributed by atoms with Gasteiger partial charge in [0, 0.05) is 18.0 Å². The molecule has 10 nitrogen and oxygen atoms in total. The van der Waals surface area contributed by atoms with Crippen LogP contribution in [0.2, 0.25) is 0 Å². The maximum absolute atomic E-state index is 12.7. The van der Waals surface area contributed by atoms with Gasteiger partial charge in [0.15, 0.2) is 0 Å². The number of benzene rings is 1. The van der Waals surface area contributed by atoms with E-state index in [9.17, 15) is 28.3 Å². The van der Waals surface area contributed by atoms with E-state index in [0.29, 0.717) is 17.0 Å². The van der Waals surface area contributed by atoms with Crippen molar-refractivity contribution in [3.8, 4) is 0 Å². The first-order valence-corrected chi connectivity index (χ1v) is 15.3. The molecule has 1 heterocycles. The largest absolute Gasteiger partial charge is 0.733 e. The van der Waals surface area contributed by atoms with Crippen molar-refractivity contribution in [1.82, 2.24) is 9.62 Å². The topological polar surface area (TPSA) is 150 Å². The highest BCUT2D eigenvalue weighted by Crippen LogP contribution is 2.24. The van der Waals surface area contributed by atoms with E-state index in [-0.39, 0.29) is 28.2 Å². The molecule has 38 heavy (non-hydrogen) atoms. The Morgan fingerprint density at radius 3 is 2.18 bits per heavy atom. The van der Waals surface area contributed by atoms with Gasteiger partial charge in [0.1, 0.15) is 4.21 Å². The Bertz CT molecular complexity index is 1120. The molecule has 0 aliphatic rings. The summed E-state index contributed by atoms with van der Waals surface area (Å²) in [4.78, 5) is 25.2. The van der Waals surface area contributed by atoms with Crippen LogP contribution < -0.4 is 9.95 Å². The summed E-state index contributed by atoms with van der Waals surface area (Å²) in [5.74, 6) is -2.83. The number of rotatable bonds is 18. The minimum absolute atomic E-state index is 0.0665. The van der Waals surface area contributed by atoms with Crippen molar-refractivity contribution in [3.05, 3.63) is 52.0 Å². The average Bonchev–Trinajstić information content (AvgIpc) is 3.36. The molecule has 0 aliphatic carbocycles. The molecule has 3 N–H and O–H groups in total. The number of carbonyl (C=O) groups is 2. The SMILES string of the molecule is CCCCCCCCCCCCNS(=O)(=O)c1ccc(CN(Cc2cccc(N([O-])O)c2)C(=O)C(=O)O)s1. The van der Waals surface area contributed by atoms with Crippen LogP contribution >= 0.6 is 11.3 Å². The van der Waals surface area contributed by atoms with Crippen LogP contribution in [0.4, 0.5) is 5.69 Å². The van der Waals surface area contributed by atoms with E-state index in [1.54, 1.807) is 12.1 Å². The zero-order chi connectivity index (χ0) is 28.0. The molecule has 0 saturated heterocycles. The molecule has 0 spiro atoms. The first-order chi connectivity index (χ1) is 18.1. The predicted octanol–water partition coefficient (Wildman–Crippen LogP) is 5.25. The van der Waals surface area contributed by atoms with E-state index in [0.717, 1.165) is 41.9 Å². The second-order valence-corrected chi connectivity index (χ2v) is 12.4. The molecule has 0 fully saturated rings. The van der Waals surface area contributed by atoms with Crippen molar-refractivity contribution in [2.45, 2.75) is 88.4 Å². The van der Waals surface area contributed by atoms with Gasteiger partial charge in [0.05, 0.1) is 12.2 Å². The Kier molecular flexibility index (Phi) is 13.7. The van der Waals surface area contributed by atoms with Crippen LogP contribution in [0.5, 0.6) is 0 Å². The summed E-state index contributed by atoms with van der Waals surface area (Å²) < 4.78 is 28.1. The number of nitrogens with one attached hydrogen (secondary N) is 1. The van der Waals surface area contributed by atoms with E-state index in [1.807, 2.05) is 0 Å². The van der Waals surface area contributed by atoms with Gasteiger partial charge < -0.3 is 20.4 Å². The lowest BCUT2D eigenvalue weighted by atomic mass is 10.1. The van der Waals surface area contributed by atoms with Crippen LogP contribution in [0.3, 0.4) is 0 Å². The Labute approximate surface area is 228 Å². The van der Waals surface area contributed by atoms with Crippen LogP contribution in [0.15, 0.2) is 40.6 Å². The zero-order valence-electron chi connectivity index (χ0n) is 21.8. The molecular formula is C26H38N3O7S2-. The highest BCUT2D eigenvalue weighted by molar-refractivity contribution is 7.91. The molecule has 1 aromatic carbocycles. The van der Waals surface area contributed by atoms with Gasteiger partial charge in [-0.3, -0.25) is 10.0 Å². The minimum Gasteiger partial charge on any atom is -0.733 e. The highest BCUT2D eigenvalue weighted by Gasteiger charge is 2.24. The lowest BCUT2D eigenvalue weighted by molar-refractivity contribution is -0.156. The zero-order valence-corrected chi connectivity index (χ0v) is 23.4. The Hall–Kier alpha value is -2.51. The molecule has 0 radical (unpaired) electrons. The number of carbonyl (C=O) groups excluding carboxylic acids is 1. The van der Waals surface area contributed by atoms with Crippen molar-refractivity contribution >= 4 is 38.9 Å². The van der Waals surface area contributed by atoms with E-state index in [2.05, 4.69) is 11.6 Å². The van der Waals surface area contributed by atoms with Crippen LogP contribution in [-0.4, -0.2) is 42.1 Å². The van der Waals surface area contributed by atoms with Gasteiger partial charge in [-0.25, -0.2) is 17.9 Å². The van der Waals surface area contributed by atoms with Gasteiger partial charge in [0.2, 0.25) is 10.0 Å². The Balaban J connectivity index is 1.87. The number of hydrogen-bond acceptors (Lipinski definition) is 8. The normalized spacial score (nSPS) is 11.4. The van der Waals surface area contributed by atoms with Gasteiger partial charge >= 0.3 is 11.9 Å². The molecule has 0 unspecified atom stereocenters. The summed E-state index contributed by atoms with van der Waals surface area (Å²) >= 11 is 0.963. The van der Waals surface area contributed by atoms with E-state index < -0.39 is 21.9 Å².